The topological polar surface area (TPSA) is 87.0 Å². The summed E-state index contributed by atoms with van der Waals surface area (Å²) in [5, 5.41) is 2.68. The van der Waals surface area contributed by atoms with Gasteiger partial charge in [-0.15, -0.1) is 6.58 Å². The zero-order chi connectivity index (χ0) is 18.7. The summed E-state index contributed by atoms with van der Waals surface area (Å²) in [6, 6.07) is 5.34. The van der Waals surface area contributed by atoms with E-state index in [0.29, 0.717) is 38.2 Å². The van der Waals surface area contributed by atoms with Crippen molar-refractivity contribution in [1.82, 2.24) is 24.5 Å². The van der Waals surface area contributed by atoms with Gasteiger partial charge in [0.25, 0.3) is 11.8 Å². The first kappa shape index (κ1) is 17.7. The summed E-state index contributed by atoms with van der Waals surface area (Å²) in [4.78, 5) is 44.4. The number of hydrogen-bond donors (Lipinski definition) is 1. The standard InChI is InChI=1S/C18H21N5O3/c1-3-7-19-17(25)16-20-15(14-6-4-5-8-23(14)16)18(26)22-11-9-21(10-12-22)13(2)24/h3-6,8H,1,7,9-12H2,2H3,(H,19,25). The monoisotopic (exact) mass is 355 g/mol. The van der Waals surface area contributed by atoms with E-state index in [1.807, 2.05) is 0 Å². The lowest BCUT2D eigenvalue weighted by Gasteiger charge is -2.33. The van der Waals surface area contributed by atoms with Crippen LogP contribution in [0.5, 0.6) is 0 Å². The summed E-state index contributed by atoms with van der Waals surface area (Å²) in [7, 11) is 0. The van der Waals surface area contributed by atoms with Crippen molar-refractivity contribution in [3.05, 3.63) is 48.6 Å². The van der Waals surface area contributed by atoms with Crippen molar-refractivity contribution in [3.63, 3.8) is 0 Å². The van der Waals surface area contributed by atoms with E-state index in [-0.39, 0.29) is 29.2 Å². The summed E-state index contributed by atoms with van der Waals surface area (Å²) < 4.78 is 1.61. The summed E-state index contributed by atoms with van der Waals surface area (Å²) in [5.74, 6) is -0.440. The number of carbonyl (C=O) groups is 3. The first-order chi connectivity index (χ1) is 12.5. The average Bonchev–Trinajstić information content (AvgIpc) is 3.05. The van der Waals surface area contributed by atoms with E-state index >= 15 is 0 Å². The highest BCUT2D eigenvalue weighted by molar-refractivity contribution is 6.02. The second-order valence-electron chi connectivity index (χ2n) is 6.04. The molecule has 0 atom stereocenters. The molecular weight excluding hydrogens is 334 g/mol. The molecule has 3 amide bonds. The van der Waals surface area contributed by atoms with Gasteiger partial charge in [-0.05, 0) is 12.1 Å². The molecule has 0 spiro atoms. The second-order valence-corrected chi connectivity index (χ2v) is 6.04. The Morgan fingerprint density at radius 2 is 1.88 bits per heavy atom. The number of nitrogens with zero attached hydrogens (tertiary/aromatic N) is 4. The third kappa shape index (κ3) is 3.30. The number of fused-ring (bicyclic) bond motifs is 1. The predicted molar refractivity (Wildman–Crippen MR) is 95.9 cm³/mol. The van der Waals surface area contributed by atoms with Gasteiger partial charge in [0.1, 0.15) is 0 Å². The number of piperazine rings is 1. The van der Waals surface area contributed by atoms with E-state index in [1.54, 1.807) is 44.7 Å². The Morgan fingerprint density at radius 3 is 2.54 bits per heavy atom. The summed E-state index contributed by atoms with van der Waals surface area (Å²) in [6.45, 7) is 7.30. The fourth-order valence-corrected chi connectivity index (χ4v) is 2.97. The van der Waals surface area contributed by atoms with E-state index in [9.17, 15) is 14.4 Å². The molecule has 1 saturated heterocycles. The minimum Gasteiger partial charge on any atom is -0.346 e. The molecule has 0 unspecified atom stereocenters. The number of aromatic nitrogens is 2. The Labute approximate surface area is 151 Å². The molecule has 0 aromatic carbocycles. The van der Waals surface area contributed by atoms with E-state index in [4.69, 9.17) is 0 Å². The molecule has 3 rings (SSSR count). The predicted octanol–water partition coefficient (Wildman–Crippen LogP) is 0.554. The molecule has 1 N–H and O–H groups in total. The molecule has 0 radical (unpaired) electrons. The molecule has 136 valence electrons. The van der Waals surface area contributed by atoms with Crippen LogP contribution in [0.1, 0.15) is 28.0 Å². The molecule has 1 fully saturated rings. The van der Waals surface area contributed by atoms with Crippen LogP contribution in [0.15, 0.2) is 37.1 Å². The van der Waals surface area contributed by atoms with Gasteiger partial charge in [-0.3, -0.25) is 18.8 Å². The zero-order valence-electron chi connectivity index (χ0n) is 14.6. The molecule has 0 saturated carbocycles. The van der Waals surface area contributed by atoms with Gasteiger partial charge in [0.2, 0.25) is 11.7 Å². The average molecular weight is 355 g/mol. The number of amides is 3. The SMILES string of the molecule is C=CCNC(=O)c1nc(C(=O)N2CCN(C(C)=O)CC2)c2ccccn12. The maximum Gasteiger partial charge on any atom is 0.287 e. The van der Waals surface area contributed by atoms with Crippen LogP contribution in [0, 0.1) is 0 Å². The fourth-order valence-electron chi connectivity index (χ4n) is 2.97. The van der Waals surface area contributed by atoms with E-state index in [1.165, 1.54) is 6.92 Å². The highest BCUT2D eigenvalue weighted by Gasteiger charge is 2.28. The van der Waals surface area contributed by atoms with Gasteiger partial charge < -0.3 is 15.1 Å². The van der Waals surface area contributed by atoms with Crippen molar-refractivity contribution in [1.29, 1.82) is 0 Å². The number of carbonyl (C=O) groups excluding carboxylic acids is 3. The Bertz CT molecular complexity index is 865. The maximum absolute atomic E-state index is 12.9. The highest BCUT2D eigenvalue weighted by Crippen LogP contribution is 2.16. The van der Waals surface area contributed by atoms with Gasteiger partial charge >= 0.3 is 0 Å². The van der Waals surface area contributed by atoms with Crippen LogP contribution in [-0.2, 0) is 4.79 Å². The quantitative estimate of drug-likeness (QED) is 0.812. The van der Waals surface area contributed by atoms with Crippen LogP contribution >= 0.6 is 0 Å². The van der Waals surface area contributed by atoms with Gasteiger partial charge in [-0.25, -0.2) is 4.98 Å². The van der Waals surface area contributed by atoms with E-state index < -0.39 is 0 Å². The second kappa shape index (κ2) is 7.38. The lowest BCUT2D eigenvalue weighted by Crippen LogP contribution is -2.50. The van der Waals surface area contributed by atoms with Crippen LogP contribution in [0.2, 0.25) is 0 Å². The van der Waals surface area contributed by atoms with Gasteiger partial charge in [-0.2, -0.15) is 0 Å². The number of nitrogens with one attached hydrogen (secondary N) is 1. The molecule has 1 aliphatic heterocycles. The van der Waals surface area contributed by atoms with Crippen molar-refractivity contribution < 1.29 is 14.4 Å². The Hall–Kier alpha value is -3.16. The Kier molecular flexibility index (Phi) is 5.01. The third-order valence-corrected chi connectivity index (χ3v) is 4.37. The molecule has 8 heteroatoms. The van der Waals surface area contributed by atoms with Crippen LogP contribution < -0.4 is 5.32 Å². The highest BCUT2D eigenvalue weighted by atomic mass is 16.2. The van der Waals surface area contributed by atoms with Crippen LogP contribution in [0.25, 0.3) is 5.52 Å². The number of hydrogen-bond acceptors (Lipinski definition) is 4. The van der Waals surface area contributed by atoms with Gasteiger partial charge in [-0.1, -0.05) is 12.1 Å². The summed E-state index contributed by atoms with van der Waals surface area (Å²) in [5.41, 5.74) is 0.820. The van der Waals surface area contributed by atoms with Gasteiger partial charge in [0.05, 0.1) is 5.52 Å². The minimum absolute atomic E-state index is 0.00529. The molecule has 3 heterocycles. The fraction of sp³-hybridized carbons (Fsp3) is 0.333. The van der Waals surface area contributed by atoms with Crippen molar-refractivity contribution in [2.75, 3.05) is 32.7 Å². The van der Waals surface area contributed by atoms with Gasteiger partial charge in [0.15, 0.2) is 5.69 Å². The van der Waals surface area contributed by atoms with Crippen LogP contribution in [0.3, 0.4) is 0 Å². The molecule has 8 nitrogen and oxygen atoms in total. The van der Waals surface area contributed by atoms with Crippen molar-refractivity contribution >= 4 is 23.2 Å². The number of imidazole rings is 1. The van der Waals surface area contributed by atoms with Crippen molar-refractivity contribution in [2.45, 2.75) is 6.92 Å². The first-order valence-electron chi connectivity index (χ1n) is 8.44. The first-order valence-corrected chi connectivity index (χ1v) is 8.44. The molecule has 26 heavy (non-hydrogen) atoms. The van der Waals surface area contributed by atoms with Crippen molar-refractivity contribution in [3.8, 4) is 0 Å². The zero-order valence-corrected chi connectivity index (χ0v) is 14.6. The van der Waals surface area contributed by atoms with Gasteiger partial charge in [0, 0.05) is 45.8 Å². The largest absolute Gasteiger partial charge is 0.346 e. The lowest BCUT2D eigenvalue weighted by molar-refractivity contribution is -0.130. The Morgan fingerprint density at radius 1 is 1.19 bits per heavy atom. The minimum atomic E-state index is -0.369. The number of rotatable bonds is 4. The molecular formula is C18H21N5O3. The molecule has 0 bridgehead atoms. The third-order valence-electron chi connectivity index (χ3n) is 4.37. The molecule has 0 aliphatic carbocycles. The molecule has 2 aromatic heterocycles. The van der Waals surface area contributed by atoms with E-state index in [0.717, 1.165) is 0 Å². The van der Waals surface area contributed by atoms with Crippen LogP contribution in [0.4, 0.5) is 0 Å². The number of pyridine rings is 1. The maximum atomic E-state index is 12.9. The molecule has 2 aromatic rings. The molecule has 1 aliphatic rings. The van der Waals surface area contributed by atoms with E-state index in [2.05, 4.69) is 16.9 Å². The lowest BCUT2D eigenvalue weighted by atomic mass is 10.2. The van der Waals surface area contributed by atoms with Crippen LogP contribution in [-0.4, -0.2) is 69.6 Å². The summed E-state index contributed by atoms with van der Waals surface area (Å²) in [6.07, 6.45) is 3.28. The Balaban J connectivity index is 1.88. The smallest absolute Gasteiger partial charge is 0.287 e. The van der Waals surface area contributed by atoms with Crippen molar-refractivity contribution in [2.24, 2.45) is 0 Å². The normalized spacial score (nSPS) is 14.3. The summed E-state index contributed by atoms with van der Waals surface area (Å²) >= 11 is 0.